The molecule has 1 fully saturated rings. The summed E-state index contributed by atoms with van der Waals surface area (Å²) in [6.07, 6.45) is 1.11. The molecule has 0 spiro atoms. The van der Waals surface area contributed by atoms with E-state index in [1.54, 1.807) is 0 Å². The molecule has 2 aromatic rings. The lowest BCUT2D eigenvalue weighted by molar-refractivity contribution is -0.0110. The van der Waals surface area contributed by atoms with Crippen molar-refractivity contribution < 1.29 is 4.74 Å². The lowest BCUT2D eigenvalue weighted by atomic mass is 9.98. The molecule has 0 bridgehead atoms. The molecule has 3 nitrogen and oxygen atoms in total. The number of morpholine rings is 1. The van der Waals surface area contributed by atoms with E-state index in [0.717, 1.165) is 32.7 Å². The number of ether oxygens (including phenoxy) is 1. The lowest BCUT2D eigenvalue weighted by Crippen LogP contribution is -2.47. The second-order valence-corrected chi connectivity index (χ2v) is 5.81. The molecule has 112 valence electrons. The highest BCUT2D eigenvalue weighted by molar-refractivity contribution is 5.86. The Balaban J connectivity index is 1.82. The summed E-state index contributed by atoms with van der Waals surface area (Å²) in [7, 11) is 0. The van der Waals surface area contributed by atoms with E-state index in [0.29, 0.717) is 6.04 Å². The van der Waals surface area contributed by atoms with Crippen LogP contribution in [-0.2, 0) is 4.74 Å². The van der Waals surface area contributed by atoms with E-state index < -0.39 is 0 Å². The number of benzene rings is 2. The molecule has 0 radical (unpaired) electrons. The predicted octanol–water partition coefficient (Wildman–Crippen LogP) is 2.95. The Labute approximate surface area is 126 Å². The van der Waals surface area contributed by atoms with Crippen LogP contribution in [0.1, 0.15) is 24.9 Å². The first kappa shape index (κ1) is 14.5. The molecule has 2 atom stereocenters. The molecule has 3 heteroatoms. The minimum absolute atomic E-state index is 0.0447. The smallest absolute Gasteiger partial charge is 0.0622 e. The third kappa shape index (κ3) is 3.10. The molecule has 0 aromatic heterocycles. The molecule has 0 aliphatic carbocycles. The summed E-state index contributed by atoms with van der Waals surface area (Å²) in [4.78, 5) is 2.48. The normalized spacial score (nSPS) is 21.5. The highest BCUT2D eigenvalue weighted by Crippen LogP contribution is 2.24. The first-order chi connectivity index (χ1) is 10.3. The van der Waals surface area contributed by atoms with Crippen LogP contribution in [0.2, 0.25) is 0 Å². The first-order valence-electron chi connectivity index (χ1n) is 7.84. The Kier molecular flexibility index (Phi) is 4.54. The van der Waals surface area contributed by atoms with Crippen molar-refractivity contribution in [1.29, 1.82) is 0 Å². The van der Waals surface area contributed by atoms with E-state index in [4.69, 9.17) is 10.5 Å². The minimum Gasteiger partial charge on any atom is -0.378 e. The molecule has 1 heterocycles. The van der Waals surface area contributed by atoms with Gasteiger partial charge in [0.15, 0.2) is 0 Å². The quantitative estimate of drug-likeness (QED) is 0.938. The zero-order chi connectivity index (χ0) is 14.7. The van der Waals surface area contributed by atoms with E-state index in [9.17, 15) is 0 Å². The Hall–Kier alpha value is -1.42. The van der Waals surface area contributed by atoms with Gasteiger partial charge in [-0.15, -0.1) is 0 Å². The van der Waals surface area contributed by atoms with Crippen LogP contribution < -0.4 is 5.73 Å². The molecule has 2 N–H and O–H groups in total. The molecule has 1 aliphatic heterocycles. The van der Waals surface area contributed by atoms with Gasteiger partial charge in [0.05, 0.1) is 13.2 Å². The van der Waals surface area contributed by atoms with Crippen molar-refractivity contribution in [2.75, 3.05) is 26.3 Å². The predicted molar refractivity (Wildman–Crippen MR) is 87.3 cm³/mol. The van der Waals surface area contributed by atoms with Gasteiger partial charge >= 0.3 is 0 Å². The molecule has 0 saturated carbocycles. The Bertz CT molecular complexity index is 593. The average molecular weight is 284 g/mol. The van der Waals surface area contributed by atoms with Gasteiger partial charge in [0.25, 0.3) is 0 Å². The van der Waals surface area contributed by atoms with E-state index in [2.05, 4.69) is 54.3 Å². The van der Waals surface area contributed by atoms with E-state index in [-0.39, 0.29) is 6.04 Å². The monoisotopic (exact) mass is 284 g/mol. The molecule has 1 saturated heterocycles. The standard InChI is InChI=1S/C18H24N2O/c1-2-15-13-21-11-10-20(15)12-18(19)17-9-5-7-14-6-3-4-8-16(14)17/h3-9,15,18H,2,10-13,19H2,1H3. The number of hydrogen-bond donors (Lipinski definition) is 1. The van der Waals surface area contributed by atoms with E-state index in [1.165, 1.54) is 16.3 Å². The van der Waals surface area contributed by atoms with Crippen LogP contribution in [0.15, 0.2) is 42.5 Å². The van der Waals surface area contributed by atoms with Gasteiger partial charge in [-0.25, -0.2) is 0 Å². The molecular formula is C18H24N2O. The Morgan fingerprint density at radius 2 is 2.05 bits per heavy atom. The van der Waals surface area contributed by atoms with Crippen LogP contribution in [0.4, 0.5) is 0 Å². The summed E-state index contributed by atoms with van der Waals surface area (Å²) in [6.45, 7) is 5.75. The van der Waals surface area contributed by atoms with Gasteiger partial charge in [0.2, 0.25) is 0 Å². The summed E-state index contributed by atoms with van der Waals surface area (Å²) in [5.41, 5.74) is 7.77. The summed E-state index contributed by atoms with van der Waals surface area (Å²) in [6, 6.07) is 15.4. The minimum atomic E-state index is 0.0447. The summed E-state index contributed by atoms with van der Waals surface area (Å²) >= 11 is 0. The van der Waals surface area contributed by atoms with Crippen molar-refractivity contribution in [3.63, 3.8) is 0 Å². The van der Waals surface area contributed by atoms with Crippen molar-refractivity contribution in [2.24, 2.45) is 5.73 Å². The SMILES string of the molecule is CCC1COCCN1CC(N)c1cccc2ccccc12. The first-order valence-corrected chi connectivity index (χ1v) is 7.84. The number of nitrogens with zero attached hydrogens (tertiary/aromatic N) is 1. The van der Waals surface area contributed by atoms with Gasteiger partial charge in [0, 0.05) is 25.2 Å². The fraction of sp³-hybridized carbons (Fsp3) is 0.444. The van der Waals surface area contributed by atoms with Gasteiger partial charge in [-0.3, -0.25) is 4.90 Å². The second-order valence-electron chi connectivity index (χ2n) is 5.81. The van der Waals surface area contributed by atoms with Crippen molar-refractivity contribution >= 4 is 10.8 Å². The van der Waals surface area contributed by atoms with Gasteiger partial charge in [-0.05, 0) is 22.8 Å². The fourth-order valence-electron chi connectivity index (χ4n) is 3.23. The van der Waals surface area contributed by atoms with Crippen LogP contribution in [-0.4, -0.2) is 37.2 Å². The number of rotatable bonds is 4. The second kappa shape index (κ2) is 6.56. The van der Waals surface area contributed by atoms with Crippen LogP contribution in [0, 0.1) is 0 Å². The van der Waals surface area contributed by atoms with Crippen LogP contribution in [0.25, 0.3) is 10.8 Å². The molecule has 2 aromatic carbocycles. The van der Waals surface area contributed by atoms with Gasteiger partial charge in [-0.2, -0.15) is 0 Å². The fourth-order valence-corrected chi connectivity index (χ4v) is 3.23. The zero-order valence-electron chi connectivity index (χ0n) is 12.7. The molecule has 0 amide bonds. The number of nitrogens with two attached hydrogens (primary N) is 1. The summed E-state index contributed by atoms with van der Waals surface area (Å²) in [5, 5.41) is 2.54. The number of hydrogen-bond acceptors (Lipinski definition) is 3. The van der Waals surface area contributed by atoms with Crippen LogP contribution >= 0.6 is 0 Å². The van der Waals surface area contributed by atoms with Crippen LogP contribution in [0.3, 0.4) is 0 Å². The van der Waals surface area contributed by atoms with E-state index in [1.807, 2.05) is 0 Å². The molecule has 1 aliphatic rings. The van der Waals surface area contributed by atoms with E-state index >= 15 is 0 Å². The van der Waals surface area contributed by atoms with Crippen molar-refractivity contribution in [3.8, 4) is 0 Å². The Morgan fingerprint density at radius 1 is 1.24 bits per heavy atom. The molecule has 2 unspecified atom stereocenters. The van der Waals surface area contributed by atoms with Crippen molar-refractivity contribution in [3.05, 3.63) is 48.0 Å². The van der Waals surface area contributed by atoms with Gasteiger partial charge in [0.1, 0.15) is 0 Å². The maximum absolute atomic E-state index is 6.53. The summed E-state index contributed by atoms with van der Waals surface area (Å²) in [5.74, 6) is 0. The highest BCUT2D eigenvalue weighted by Gasteiger charge is 2.23. The maximum atomic E-state index is 6.53. The third-order valence-corrected chi connectivity index (χ3v) is 4.47. The summed E-state index contributed by atoms with van der Waals surface area (Å²) < 4.78 is 5.58. The average Bonchev–Trinajstić information content (AvgIpc) is 2.54. The lowest BCUT2D eigenvalue weighted by Gasteiger charge is -2.36. The molecular weight excluding hydrogens is 260 g/mol. The number of fused-ring (bicyclic) bond motifs is 1. The van der Waals surface area contributed by atoms with Crippen molar-refractivity contribution in [2.45, 2.75) is 25.4 Å². The highest BCUT2D eigenvalue weighted by atomic mass is 16.5. The Morgan fingerprint density at radius 3 is 2.90 bits per heavy atom. The molecule has 21 heavy (non-hydrogen) atoms. The van der Waals surface area contributed by atoms with Gasteiger partial charge in [-0.1, -0.05) is 49.4 Å². The van der Waals surface area contributed by atoms with Gasteiger partial charge < -0.3 is 10.5 Å². The third-order valence-electron chi connectivity index (χ3n) is 4.47. The maximum Gasteiger partial charge on any atom is 0.0622 e. The zero-order valence-corrected chi connectivity index (χ0v) is 12.7. The topological polar surface area (TPSA) is 38.5 Å². The van der Waals surface area contributed by atoms with Crippen LogP contribution in [0.5, 0.6) is 0 Å². The van der Waals surface area contributed by atoms with Crippen molar-refractivity contribution in [1.82, 2.24) is 4.90 Å². The molecule has 3 rings (SSSR count). The largest absolute Gasteiger partial charge is 0.378 e.